The summed E-state index contributed by atoms with van der Waals surface area (Å²) in [6.07, 6.45) is 0. The van der Waals surface area contributed by atoms with Gasteiger partial charge in [0.1, 0.15) is 5.54 Å². The standard InChI is InChI=1S/C13H13N3/c1-13(8-14)9-15-7-11-6-10-4-2-3-5-12(10)16(11)13/h2-6,15H,7,9H2,1H3/t13-/m0/s1. The van der Waals surface area contributed by atoms with E-state index in [2.05, 4.69) is 34.2 Å². The first-order chi connectivity index (χ1) is 7.74. The summed E-state index contributed by atoms with van der Waals surface area (Å²) < 4.78 is 2.17. The van der Waals surface area contributed by atoms with E-state index in [1.54, 1.807) is 0 Å². The Balaban J connectivity index is 2.38. The molecule has 0 amide bonds. The van der Waals surface area contributed by atoms with Gasteiger partial charge in [0.2, 0.25) is 0 Å². The largest absolute Gasteiger partial charge is 0.323 e. The highest BCUT2D eigenvalue weighted by Crippen LogP contribution is 2.29. The first-order valence-corrected chi connectivity index (χ1v) is 5.46. The summed E-state index contributed by atoms with van der Waals surface area (Å²) in [5.41, 5.74) is 1.87. The van der Waals surface area contributed by atoms with Crippen molar-refractivity contribution < 1.29 is 0 Å². The van der Waals surface area contributed by atoms with Crippen LogP contribution in [0.4, 0.5) is 0 Å². The van der Waals surface area contributed by atoms with Crippen LogP contribution >= 0.6 is 0 Å². The van der Waals surface area contributed by atoms with Gasteiger partial charge >= 0.3 is 0 Å². The minimum Gasteiger partial charge on any atom is -0.323 e. The molecule has 0 saturated carbocycles. The van der Waals surface area contributed by atoms with Crippen molar-refractivity contribution in [3.63, 3.8) is 0 Å². The number of benzene rings is 1. The number of hydrogen-bond acceptors (Lipinski definition) is 2. The van der Waals surface area contributed by atoms with E-state index in [1.807, 2.05) is 19.1 Å². The molecule has 1 atom stereocenters. The van der Waals surface area contributed by atoms with Gasteiger partial charge in [-0.25, -0.2) is 0 Å². The Kier molecular flexibility index (Phi) is 1.83. The van der Waals surface area contributed by atoms with Crippen molar-refractivity contribution in [3.05, 3.63) is 36.0 Å². The molecule has 0 unspecified atom stereocenters. The van der Waals surface area contributed by atoms with Crippen LogP contribution in [0, 0.1) is 11.3 Å². The number of nitriles is 1. The molecule has 1 aromatic heterocycles. The molecule has 3 nitrogen and oxygen atoms in total. The molecule has 0 saturated heterocycles. The lowest BCUT2D eigenvalue weighted by Gasteiger charge is -2.32. The Morgan fingerprint density at radius 3 is 3.06 bits per heavy atom. The molecule has 1 aromatic carbocycles. The number of aromatic nitrogens is 1. The van der Waals surface area contributed by atoms with Gasteiger partial charge < -0.3 is 9.88 Å². The second-order valence-electron chi connectivity index (χ2n) is 4.52. The van der Waals surface area contributed by atoms with Crippen LogP contribution in [0.3, 0.4) is 0 Å². The van der Waals surface area contributed by atoms with Crippen molar-refractivity contribution in [2.75, 3.05) is 6.54 Å². The highest BCUT2D eigenvalue weighted by Gasteiger charge is 2.32. The Hall–Kier alpha value is -1.79. The Labute approximate surface area is 94.3 Å². The van der Waals surface area contributed by atoms with Gasteiger partial charge in [0.15, 0.2) is 0 Å². The van der Waals surface area contributed by atoms with Crippen LogP contribution in [0.2, 0.25) is 0 Å². The van der Waals surface area contributed by atoms with Crippen molar-refractivity contribution in [1.82, 2.24) is 9.88 Å². The fourth-order valence-electron chi connectivity index (χ4n) is 2.53. The van der Waals surface area contributed by atoms with Crippen molar-refractivity contribution in [3.8, 4) is 6.07 Å². The molecule has 1 aliphatic heterocycles. The topological polar surface area (TPSA) is 40.8 Å². The zero-order valence-corrected chi connectivity index (χ0v) is 9.20. The molecule has 3 rings (SSSR count). The van der Waals surface area contributed by atoms with Gasteiger partial charge in [-0.2, -0.15) is 5.26 Å². The lowest BCUT2D eigenvalue weighted by molar-refractivity contribution is 0.350. The average Bonchev–Trinajstić information content (AvgIpc) is 2.69. The zero-order valence-electron chi connectivity index (χ0n) is 9.20. The van der Waals surface area contributed by atoms with E-state index < -0.39 is 5.54 Å². The molecule has 1 aliphatic rings. The minimum atomic E-state index is -0.476. The van der Waals surface area contributed by atoms with E-state index in [0.29, 0.717) is 6.54 Å². The van der Waals surface area contributed by atoms with Crippen LogP contribution in [-0.2, 0) is 12.1 Å². The lowest BCUT2D eigenvalue weighted by atomic mass is 10.0. The Morgan fingerprint density at radius 2 is 2.25 bits per heavy atom. The molecular formula is C13H13N3. The van der Waals surface area contributed by atoms with Gasteiger partial charge in [-0.15, -0.1) is 0 Å². The second-order valence-corrected chi connectivity index (χ2v) is 4.52. The molecule has 0 aliphatic carbocycles. The third kappa shape index (κ3) is 1.11. The minimum absolute atomic E-state index is 0.476. The summed E-state index contributed by atoms with van der Waals surface area (Å²) in [5.74, 6) is 0. The van der Waals surface area contributed by atoms with Crippen molar-refractivity contribution in [2.24, 2.45) is 0 Å². The summed E-state index contributed by atoms with van der Waals surface area (Å²) in [5, 5.41) is 13.9. The maximum atomic E-state index is 9.36. The summed E-state index contributed by atoms with van der Waals surface area (Å²) in [4.78, 5) is 0. The Morgan fingerprint density at radius 1 is 1.44 bits per heavy atom. The number of hydrogen-bond donors (Lipinski definition) is 1. The maximum Gasteiger partial charge on any atom is 0.141 e. The maximum absolute atomic E-state index is 9.36. The van der Waals surface area contributed by atoms with Crippen molar-refractivity contribution >= 4 is 10.9 Å². The van der Waals surface area contributed by atoms with Crippen molar-refractivity contribution in [1.29, 1.82) is 5.26 Å². The molecule has 0 spiro atoms. The van der Waals surface area contributed by atoms with Gasteiger partial charge in [0.25, 0.3) is 0 Å². The highest BCUT2D eigenvalue weighted by atomic mass is 15.2. The molecule has 16 heavy (non-hydrogen) atoms. The predicted octanol–water partition coefficient (Wildman–Crippen LogP) is 1.98. The van der Waals surface area contributed by atoms with Crippen LogP contribution in [0.5, 0.6) is 0 Å². The number of nitrogens with zero attached hydrogens (tertiary/aromatic N) is 2. The van der Waals surface area contributed by atoms with E-state index in [0.717, 1.165) is 12.1 Å². The number of para-hydroxylation sites is 1. The number of rotatable bonds is 0. The van der Waals surface area contributed by atoms with Crippen LogP contribution in [-0.4, -0.2) is 11.1 Å². The van der Waals surface area contributed by atoms with Crippen LogP contribution in [0.1, 0.15) is 12.6 Å². The van der Waals surface area contributed by atoms with Crippen molar-refractivity contribution in [2.45, 2.75) is 19.0 Å². The molecule has 0 bridgehead atoms. The van der Waals surface area contributed by atoms with E-state index >= 15 is 0 Å². The average molecular weight is 211 g/mol. The predicted molar refractivity (Wildman–Crippen MR) is 62.9 cm³/mol. The normalized spacial score (nSPS) is 24.0. The van der Waals surface area contributed by atoms with Gasteiger partial charge in [-0.1, -0.05) is 18.2 Å². The summed E-state index contributed by atoms with van der Waals surface area (Å²) in [6.45, 7) is 3.52. The summed E-state index contributed by atoms with van der Waals surface area (Å²) >= 11 is 0. The molecule has 3 heteroatoms. The monoisotopic (exact) mass is 211 g/mol. The molecule has 0 fully saturated rings. The van der Waals surface area contributed by atoms with Crippen LogP contribution < -0.4 is 5.32 Å². The van der Waals surface area contributed by atoms with Gasteiger partial charge in [-0.05, 0) is 24.4 Å². The van der Waals surface area contributed by atoms with Gasteiger partial charge in [0, 0.05) is 24.3 Å². The zero-order chi connectivity index (χ0) is 11.2. The second kappa shape index (κ2) is 3.10. The van der Waals surface area contributed by atoms with E-state index in [4.69, 9.17) is 0 Å². The van der Waals surface area contributed by atoms with E-state index in [-0.39, 0.29) is 0 Å². The lowest BCUT2D eigenvalue weighted by Crippen LogP contribution is -2.45. The number of nitrogens with one attached hydrogen (secondary N) is 1. The van der Waals surface area contributed by atoms with Gasteiger partial charge in [-0.3, -0.25) is 0 Å². The first kappa shape index (κ1) is 9.44. The number of fused-ring (bicyclic) bond motifs is 3. The quantitative estimate of drug-likeness (QED) is 0.724. The summed E-state index contributed by atoms with van der Waals surface area (Å²) in [7, 11) is 0. The van der Waals surface area contributed by atoms with Crippen LogP contribution in [0.15, 0.2) is 30.3 Å². The molecule has 80 valence electrons. The smallest absolute Gasteiger partial charge is 0.141 e. The molecular weight excluding hydrogens is 198 g/mol. The van der Waals surface area contributed by atoms with Crippen LogP contribution in [0.25, 0.3) is 10.9 Å². The molecule has 2 aromatic rings. The van der Waals surface area contributed by atoms with E-state index in [9.17, 15) is 5.26 Å². The summed E-state index contributed by atoms with van der Waals surface area (Å²) in [6, 6.07) is 12.8. The van der Waals surface area contributed by atoms with Gasteiger partial charge in [0.05, 0.1) is 6.07 Å². The third-order valence-electron chi connectivity index (χ3n) is 3.30. The Bertz CT molecular complexity index is 591. The third-order valence-corrected chi connectivity index (χ3v) is 3.30. The molecule has 0 radical (unpaired) electrons. The molecule has 1 N–H and O–H groups in total. The fourth-order valence-corrected chi connectivity index (χ4v) is 2.53. The molecule has 2 heterocycles. The van der Waals surface area contributed by atoms with E-state index in [1.165, 1.54) is 11.1 Å². The highest BCUT2D eigenvalue weighted by molar-refractivity contribution is 5.82. The SMILES string of the molecule is C[C@]1(C#N)CNCc2cc3ccccc3n21. The first-order valence-electron chi connectivity index (χ1n) is 5.46. The fraction of sp³-hybridized carbons (Fsp3) is 0.308.